The van der Waals surface area contributed by atoms with E-state index in [9.17, 15) is 18.5 Å². The van der Waals surface area contributed by atoms with Gasteiger partial charge in [-0.05, 0) is 55.5 Å². The first-order valence-electron chi connectivity index (χ1n) is 9.47. The van der Waals surface area contributed by atoms with E-state index in [1.807, 2.05) is 6.92 Å². The molecule has 0 saturated carbocycles. The zero-order valence-electron chi connectivity index (χ0n) is 16.8. The maximum absolute atomic E-state index is 12.8. The monoisotopic (exact) mass is 447 g/mol. The number of anilines is 1. The van der Waals surface area contributed by atoms with Crippen molar-refractivity contribution in [2.24, 2.45) is 10.2 Å². The van der Waals surface area contributed by atoms with Gasteiger partial charge in [0, 0.05) is 23.7 Å². The van der Waals surface area contributed by atoms with Crippen LogP contribution in [-0.4, -0.2) is 18.3 Å². The molecule has 4 aromatic rings. The number of pyridine rings is 1. The van der Waals surface area contributed by atoms with Crippen LogP contribution in [0.25, 0.3) is 10.9 Å². The zero-order chi connectivity index (χ0) is 22.7. The number of nitro benzene ring substituents is 1. The maximum Gasteiger partial charge on any atom is 0.269 e. The number of nitrogens with one attached hydrogen (secondary N) is 1. The fraction of sp³-hybridized carbons (Fsp3) is 0.0455. The average Bonchev–Trinajstić information content (AvgIpc) is 2.79. The Kier molecular flexibility index (Phi) is 5.61. The molecule has 10 heteroatoms. The van der Waals surface area contributed by atoms with Gasteiger partial charge in [0.2, 0.25) is 0 Å². The van der Waals surface area contributed by atoms with E-state index in [1.165, 1.54) is 24.3 Å². The summed E-state index contributed by atoms with van der Waals surface area (Å²) in [7, 11) is -3.80. The van der Waals surface area contributed by atoms with Gasteiger partial charge in [-0.25, -0.2) is 8.42 Å². The SMILES string of the molecule is Cc1ccc(S(=O)(=O)Nc2ccc(N=Nc3ccc([N+](=O)[O-])cc3)c3cccnc23)cc1. The Balaban J connectivity index is 1.67. The Bertz CT molecular complexity index is 1430. The second kappa shape index (κ2) is 8.52. The van der Waals surface area contributed by atoms with Crippen molar-refractivity contribution >= 4 is 43.7 Å². The predicted molar refractivity (Wildman–Crippen MR) is 121 cm³/mol. The number of rotatable bonds is 6. The molecule has 0 amide bonds. The molecular formula is C22H17N5O4S. The molecule has 3 aromatic carbocycles. The fourth-order valence-electron chi connectivity index (χ4n) is 3.00. The minimum atomic E-state index is -3.80. The lowest BCUT2D eigenvalue weighted by Crippen LogP contribution is -2.13. The van der Waals surface area contributed by atoms with Crippen molar-refractivity contribution in [3.8, 4) is 0 Å². The molecule has 0 aliphatic carbocycles. The molecule has 9 nitrogen and oxygen atoms in total. The van der Waals surface area contributed by atoms with E-state index in [0.29, 0.717) is 28.0 Å². The highest BCUT2D eigenvalue weighted by Gasteiger charge is 2.17. The number of sulfonamides is 1. The van der Waals surface area contributed by atoms with Gasteiger partial charge in [0.25, 0.3) is 15.7 Å². The Labute approximate surface area is 183 Å². The number of nitrogens with zero attached hydrogens (tertiary/aromatic N) is 4. The largest absolute Gasteiger partial charge is 0.277 e. The molecule has 0 unspecified atom stereocenters. The van der Waals surface area contributed by atoms with E-state index in [0.717, 1.165) is 5.56 Å². The summed E-state index contributed by atoms with van der Waals surface area (Å²) in [6.45, 7) is 1.88. The van der Waals surface area contributed by atoms with Crippen LogP contribution in [0, 0.1) is 17.0 Å². The number of azo groups is 1. The van der Waals surface area contributed by atoms with Crippen molar-refractivity contribution in [1.29, 1.82) is 0 Å². The highest BCUT2D eigenvalue weighted by molar-refractivity contribution is 7.92. The molecule has 0 spiro atoms. The lowest BCUT2D eigenvalue weighted by atomic mass is 10.1. The number of benzene rings is 3. The number of nitro groups is 1. The molecule has 160 valence electrons. The number of fused-ring (bicyclic) bond motifs is 1. The van der Waals surface area contributed by atoms with Gasteiger partial charge in [-0.1, -0.05) is 17.7 Å². The van der Waals surface area contributed by atoms with E-state index >= 15 is 0 Å². The summed E-state index contributed by atoms with van der Waals surface area (Å²) in [6, 6.07) is 18.9. The minimum Gasteiger partial charge on any atom is -0.277 e. The standard InChI is InChI=1S/C22H17N5O4S/c1-15-4-10-18(11-5-15)32(30,31)26-21-13-12-20(19-3-2-14-23-22(19)21)25-24-16-6-8-17(9-7-16)27(28)29/h2-14,26H,1H3. The summed E-state index contributed by atoms with van der Waals surface area (Å²) < 4.78 is 28.2. The van der Waals surface area contributed by atoms with Crippen molar-refractivity contribution < 1.29 is 13.3 Å². The van der Waals surface area contributed by atoms with Crippen molar-refractivity contribution in [2.45, 2.75) is 11.8 Å². The van der Waals surface area contributed by atoms with Crippen LogP contribution >= 0.6 is 0 Å². The molecule has 0 aliphatic rings. The third kappa shape index (κ3) is 4.44. The van der Waals surface area contributed by atoms with E-state index in [2.05, 4.69) is 19.9 Å². The van der Waals surface area contributed by atoms with E-state index in [4.69, 9.17) is 0 Å². The van der Waals surface area contributed by atoms with Crippen LogP contribution in [-0.2, 0) is 10.0 Å². The van der Waals surface area contributed by atoms with Crippen molar-refractivity contribution in [1.82, 2.24) is 4.98 Å². The topological polar surface area (TPSA) is 127 Å². The van der Waals surface area contributed by atoms with Gasteiger partial charge in [-0.3, -0.25) is 19.8 Å². The Morgan fingerprint density at radius 3 is 2.34 bits per heavy atom. The van der Waals surface area contributed by atoms with Crippen molar-refractivity contribution in [3.63, 3.8) is 0 Å². The van der Waals surface area contributed by atoms with Crippen LogP contribution in [0.3, 0.4) is 0 Å². The minimum absolute atomic E-state index is 0.0381. The summed E-state index contributed by atoms with van der Waals surface area (Å²) >= 11 is 0. The predicted octanol–water partition coefficient (Wildman–Crippen LogP) is 5.67. The van der Waals surface area contributed by atoms with Crippen LogP contribution in [0.1, 0.15) is 5.56 Å². The molecule has 0 radical (unpaired) electrons. The quantitative estimate of drug-likeness (QED) is 0.231. The molecule has 32 heavy (non-hydrogen) atoms. The summed E-state index contributed by atoms with van der Waals surface area (Å²) in [5, 5.41) is 19.7. The summed E-state index contributed by atoms with van der Waals surface area (Å²) in [4.78, 5) is 14.7. The van der Waals surface area contributed by atoms with Crippen LogP contribution in [0.15, 0.2) is 94.1 Å². The van der Waals surface area contributed by atoms with Crippen molar-refractivity contribution in [3.05, 3.63) is 94.7 Å². The van der Waals surface area contributed by atoms with Gasteiger partial charge >= 0.3 is 0 Å². The summed E-state index contributed by atoms with van der Waals surface area (Å²) in [5.74, 6) is 0. The summed E-state index contributed by atoms with van der Waals surface area (Å²) in [5.41, 5.74) is 2.57. The van der Waals surface area contributed by atoms with Crippen molar-refractivity contribution in [2.75, 3.05) is 4.72 Å². The number of aromatic nitrogens is 1. The van der Waals surface area contributed by atoms with Gasteiger partial charge in [0.15, 0.2) is 0 Å². The third-order valence-corrected chi connectivity index (χ3v) is 6.04. The summed E-state index contributed by atoms with van der Waals surface area (Å²) in [6.07, 6.45) is 1.56. The van der Waals surface area contributed by atoms with Crippen LogP contribution < -0.4 is 4.72 Å². The molecule has 0 fully saturated rings. The molecule has 1 N–H and O–H groups in total. The molecule has 0 saturated heterocycles. The number of aryl methyl sites for hydroxylation is 1. The highest BCUT2D eigenvalue weighted by Crippen LogP contribution is 2.33. The second-order valence-electron chi connectivity index (χ2n) is 6.92. The lowest BCUT2D eigenvalue weighted by molar-refractivity contribution is -0.384. The number of non-ortho nitro benzene ring substituents is 1. The van der Waals surface area contributed by atoms with E-state index in [1.54, 1.807) is 54.7 Å². The number of hydrogen-bond donors (Lipinski definition) is 1. The first-order chi connectivity index (χ1) is 15.3. The Hall–Kier alpha value is -4.18. The normalized spacial score (nSPS) is 11.7. The van der Waals surface area contributed by atoms with E-state index < -0.39 is 14.9 Å². The molecule has 0 bridgehead atoms. The number of hydrogen-bond acceptors (Lipinski definition) is 7. The van der Waals surface area contributed by atoms with Gasteiger partial charge in [-0.15, -0.1) is 5.11 Å². The van der Waals surface area contributed by atoms with Gasteiger partial charge in [0.1, 0.15) is 0 Å². The second-order valence-corrected chi connectivity index (χ2v) is 8.61. The first kappa shape index (κ1) is 21.1. The van der Waals surface area contributed by atoms with Crippen LogP contribution in [0.5, 0.6) is 0 Å². The Morgan fingerprint density at radius 1 is 0.938 bits per heavy atom. The fourth-order valence-corrected chi connectivity index (χ4v) is 4.07. The highest BCUT2D eigenvalue weighted by atomic mass is 32.2. The maximum atomic E-state index is 12.8. The zero-order valence-corrected chi connectivity index (χ0v) is 17.7. The van der Waals surface area contributed by atoms with Crippen LogP contribution in [0.4, 0.5) is 22.7 Å². The average molecular weight is 447 g/mol. The molecule has 4 rings (SSSR count). The first-order valence-corrected chi connectivity index (χ1v) is 11.0. The molecule has 0 aliphatic heterocycles. The molecule has 1 aromatic heterocycles. The van der Waals surface area contributed by atoms with E-state index in [-0.39, 0.29) is 10.6 Å². The smallest absolute Gasteiger partial charge is 0.269 e. The Morgan fingerprint density at radius 2 is 1.66 bits per heavy atom. The van der Waals surface area contributed by atoms with Gasteiger partial charge in [0.05, 0.1) is 32.4 Å². The molecule has 1 heterocycles. The molecular weight excluding hydrogens is 430 g/mol. The van der Waals surface area contributed by atoms with Gasteiger partial charge < -0.3 is 0 Å². The third-order valence-electron chi connectivity index (χ3n) is 4.66. The van der Waals surface area contributed by atoms with Crippen LogP contribution in [0.2, 0.25) is 0 Å². The van der Waals surface area contributed by atoms with Gasteiger partial charge in [-0.2, -0.15) is 5.11 Å². The molecule has 0 atom stereocenters. The lowest BCUT2D eigenvalue weighted by Gasteiger charge is -2.11.